The molecular weight excluding hydrogens is 430 g/mol. The quantitative estimate of drug-likeness (QED) is 0.428. The first-order valence-corrected chi connectivity index (χ1v) is 11.4. The van der Waals surface area contributed by atoms with Crippen molar-refractivity contribution in [2.24, 2.45) is 5.92 Å². The van der Waals surface area contributed by atoms with E-state index < -0.39 is 0 Å². The Morgan fingerprint density at radius 2 is 1.82 bits per heavy atom. The van der Waals surface area contributed by atoms with Crippen LogP contribution >= 0.6 is 0 Å². The van der Waals surface area contributed by atoms with E-state index in [0.717, 1.165) is 22.7 Å². The minimum atomic E-state index is -0.259. The molecule has 1 atom stereocenters. The number of aryl methyl sites for hydroxylation is 2. The molecule has 34 heavy (non-hydrogen) atoms. The van der Waals surface area contributed by atoms with Gasteiger partial charge in [-0.3, -0.25) is 18.6 Å². The van der Waals surface area contributed by atoms with Crippen LogP contribution in [0.4, 0.5) is 5.69 Å². The van der Waals surface area contributed by atoms with Gasteiger partial charge < -0.3 is 10.1 Å². The van der Waals surface area contributed by atoms with Crippen LogP contribution in [0.2, 0.25) is 0 Å². The largest absolute Gasteiger partial charge is 0.494 e. The molecule has 8 nitrogen and oxygen atoms in total. The van der Waals surface area contributed by atoms with Gasteiger partial charge >= 0.3 is 5.56 Å². The zero-order valence-corrected chi connectivity index (χ0v) is 19.9. The van der Waals surface area contributed by atoms with Crippen molar-refractivity contribution in [1.29, 1.82) is 0 Å². The molecule has 1 N–H and O–H groups in total. The van der Waals surface area contributed by atoms with Crippen molar-refractivity contribution in [1.82, 2.24) is 19.2 Å². The predicted octanol–water partition coefficient (Wildman–Crippen LogP) is 4.10. The fraction of sp³-hybridized carbons (Fsp3) is 0.308. The first-order valence-electron chi connectivity index (χ1n) is 11.4. The number of carbonyl (C=O) groups excluding carboxylic acids is 1. The van der Waals surface area contributed by atoms with Gasteiger partial charge in [-0.1, -0.05) is 13.0 Å². The molecule has 0 radical (unpaired) electrons. The lowest BCUT2D eigenvalue weighted by atomic mass is 10.0. The number of rotatable bonds is 8. The number of nitrogens with zero attached hydrogens (tertiary/aromatic N) is 4. The van der Waals surface area contributed by atoms with Crippen LogP contribution in [0.15, 0.2) is 59.7 Å². The molecule has 0 aliphatic rings. The van der Waals surface area contributed by atoms with E-state index in [-0.39, 0.29) is 23.0 Å². The Hall–Kier alpha value is -3.94. The zero-order chi connectivity index (χ0) is 24.2. The van der Waals surface area contributed by atoms with E-state index in [1.54, 1.807) is 16.8 Å². The van der Waals surface area contributed by atoms with Crippen molar-refractivity contribution in [3.63, 3.8) is 0 Å². The standard InChI is InChI=1S/C26H29N5O3/c1-5-34-22-10-8-21(9-11-22)30-12-13-31-23(28-29-25(31)26(30)33)14-17(2)15-24(32)27-20-7-6-18(3)19(4)16-20/h6-13,16-17H,5,14-15H2,1-4H3,(H,27,32)/t17-/m1/s1. The summed E-state index contributed by atoms with van der Waals surface area (Å²) in [6, 6.07) is 13.2. The molecule has 0 unspecified atom stereocenters. The molecule has 0 fully saturated rings. The van der Waals surface area contributed by atoms with Crippen LogP contribution in [0, 0.1) is 19.8 Å². The van der Waals surface area contributed by atoms with Crippen molar-refractivity contribution >= 4 is 17.2 Å². The molecule has 0 saturated heterocycles. The number of nitrogens with one attached hydrogen (secondary N) is 1. The van der Waals surface area contributed by atoms with E-state index in [4.69, 9.17) is 4.74 Å². The molecular formula is C26H29N5O3. The SMILES string of the molecule is CCOc1ccc(-n2ccn3c(C[C@@H](C)CC(=O)Nc4ccc(C)c(C)c4)nnc3c2=O)cc1. The number of aromatic nitrogens is 4. The van der Waals surface area contributed by atoms with Gasteiger partial charge in [-0.05, 0) is 74.2 Å². The highest BCUT2D eigenvalue weighted by atomic mass is 16.5. The normalized spacial score (nSPS) is 12.0. The monoisotopic (exact) mass is 459 g/mol. The summed E-state index contributed by atoms with van der Waals surface area (Å²) in [5.74, 6) is 1.37. The van der Waals surface area contributed by atoms with Crippen LogP contribution in [0.5, 0.6) is 5.75 Å². The van der Waals surface area contributed by atoms with Crippen LogP contribution in [0.25, 0.3) is 11.3 Å². The molecule has 2 heterocycles. The molecule has 2 aromatic heterocycles. The molecule has 0 spiro atoms. The molecule has 0 aliphatic heterocycles. The average molecular weight is 460 g/mol. The minimum Gasteiger partial charge on any atom is -0.494 e. The van der Waals surface area contributed by atoms with E-state index in [0.29, 0.717) is 25.3 Å². The minimum absolute atomic E-state index is 0.0208. The van der Waals surface area contributed by atoms with Gasteiger partial charge in [0.15, 0.2) is 0 Å². The van der Waals surface area contributed by atoms with E-state index in [2.05, 4.69) is 15.5 Å². The molecule has 4 rings (SSSR count). The second-order valence-electron chi connectivity index (χ2n) is 8.57. The van der Waals surface area contributed by atoms with E-state index >= 15 is 0 Å². The van der Waals surface area contributed by atoms with Crippen molar-refractivity contribution in [2.45, 2.75) is 40.5 Å². The molecule has 0 saturated carbocycles. The number of carbonyl (C=O) groups is 1. The predicted molar refractivity (Wildman–Crippen MR) is 132 cm³/mol. The second kappa shape index (κ2) is 9.91. The first-order chi connectivity index (χ1) is 16.4. The van der Waals surface area contributed by atoms with Gasteiger partial charge in [0.25, 0.3) is 0 Å². The van der Waals surface area contributed by atoms with Crippen molar-refractivity contribution in [2.75, 3.05) is 11.9 Å². The van der Waals surface area contributed by atoms with Crippen LogP contribution in [0.1, 0.15) is 37.2 Å². The number of hydrogen-bond donors (Lipinski definition) is 1. The lowest BCUT2D eigenvalue weighted by molar-refractivity contribution is -0.116. The number of anilines is 1. The summed E-state index contributed by atoms with van der Waals surface area (Å²) < 4.78 is 8.70. The third-order valence-corrected chi connectivity index (χ3v) is 5.82. The summed E-state index contributed by atoms with van der Waals surface area (Å²) in [4.78, 5) is 25.5. The van der Waals surface area contributed by atoms with Gasteiger partial charge in [-0.15, -0.1) is 10.2 Å². The molecule has 0 bridgehead atoms. The topological polar surface area (TPSA) is 90.5 Å². The maximum Gasteiger partial charge on any atom is 0.300 e. The number of fused-ring (bicyclic) bond motifs is 1. The smallest absolute Gasteiger partial charge is 0.300 e. The van der Waals surface area contributed by atoms with E-state index in [1.165, 1.54) is 10.1 Å². The van der Waals surface area contributed by atoms with Crippen LogP contribution in [0.3, 0.4) is 0 Å². The fourth-order valence-electron chi connectivity index (χ4n) is 3.88. The summed E-state index contributed by atoms with van der Waals surface area (Å²) in [5, 5.41) is 11.3. The summed E-state index contributed by atoms with van der Waals surface area (Å²) in [7, 11) is 0. The van der Waals surface area contributed by atoms with Gasteiger partial charge in [0, 0.05) is 36.6 Å². The van der Waals surface area contributed by atoms with Gasteiger partial charge in [-0.2, -0.15) is 0 Å². The fourth-order valence-corrected chi connectivity index (χ4v) is 3.88. The number of amides is 1. The molecule has 4 aromatic rings. The highest BCUT2D eigenvalue weighted by molar-refractivity contribution is 5.91. The Kier molecular flexibility index (Phi) is 6.77. The Balaban J connectivity index is 1.46. The van der Waals surface area contributed by atoms with Gasteiger partial charge in [0.2, 0.25) is 11.6 Å². The highest BCUT2D eigenvalue weighted by Gasteiger charge is 2.16. The maximum atomic E-state index is 13.0. The van der Waals surface area contributed by atoms with E-state index in [1.807, 2.05) is 70.2 Å². The average Bonchev–Trinajstić information content (AvgIpc) is 3.21. The third kappa shape index (κ3) is 5.01. The molecule has 2 aromatic carbocycles. The maximum absolute atomic E-state index is 13.0. The summed E-state index contributed by atoms with van der Waals surface area (Å²) >= 11 is 0. The van der Waals surface area contributed by atoms with Crippen molar-refractivity contribution < 1.29 is 9.53 Å². The summed E-state index contributed by atoms with van der Waals surface area (Å²) in [6.45, 7) is 8.56. The van der Waals surface area contributed by atoms with Crippen LogP contribution < -0.4 is 15.6 Å². The second-order valence-corrected chi connectivity index (χ2v) is 8.57. The van der Waals surface area contributed by atoms with Crippen molar-refractivity contribution in [3.05, 3.63) is 82.2 Å². The Labute approximate surface area is 198 Å². The molecule has 8 heteroatoms. The molecule has 176 valence electrons. The van der Waals surface area contributed by atoms with Crippen LogP contribution in [-0.2, 0) is 11.2 Å². The van der Waals surface area contributed by atoms with Gasteiger partial charge in [0.05, 0.1) is 6.61 Å². The highest BCUT2D eigenvalue weighted by Crippen LogP contribution is 2.17. The number of benzene rings is 2. The first kappa shape index (κ1) is 23.2. The van der Waals surface area contributed by atoms with E-state index in [9.17, 15) is 9.59 Å². The number of ether oxygens (including phenoxy) is 1. The zero-order valence-electron chi connectivity index (χ0n) is 19.9. The summed E-state index contributed by atoms with van der Waals surface area (Å²) in [5.41, 5.74) is 3.83. The Morgan fingerprint density at radius 1 is 1.06 bits per heavy atom. The Bertz CT molecular complexity index is 1370. The Morgan fingerprint density at radius 3 is 2.53 bits per heavy atom. The molecule has 0 aliphatic carbocycles. The lowest BCUT2D eigenvalue weighted by Gasteiger charge is -2.12. The number of hydrogen-bond acceptors (Lipinski definition) is 5. The van der Waals surface area contributed by atoms with Crippen molar-refractivity contribution in [3.8, 4) is 11.4 Å². The summed E-state index contributed by atoms with van der Waals surface area (Å²) in [6.07, 6.45) is 4.35. The van der Waals surface area contributed by atoms with Gasteiger partial charge in [0.1, 0.15) is 11.6 Å². The van der Waals surface area contributed by atoms with Crippen LogP contribution in [-0.4, -0.2) is 31.7 Å². The lowest BCUT2D eigenvalue weighted by Crippen LogP contribution is -2.21. The third-order valence-electron chi connectivity index (χ3n) is 5.82. The van der Waals surface area contributed by atoms with Gasteiger partial charge in [-0.25, -0.2) is 0 Å². The molecule has 1 amide bonds.